The third-order valence-electron chi connectivity index (χ3n) is 12.9. The fourth-order valence-electron chi connectivity index (χ4n) is 10.1. The van der Waals surface area contributed by atoms with Gasteiger partial charge in [0.05, 0.1) is 27.8 Å². The normalized spacial score (nSPS) is 11.8. The molecule has 13 rings (SSSR count). The van der Waals surface area contributed by atoms with Crippen molar-refractivity contribution in [2.45, 2.75) is 0 Å². The first-order valence-electron chi connectivity index (χ1n) is 21.8. The topological polar surface area (TPSA) is 13.1 Å². The zero-order valence-corrected chi connectivity index (χ0v) is 35.6. The minimum absolute atomic E-state index is 1.08. The molecule has 0 aliphatic carbocycles. The number of fused-ring (bicyclic) bond motifs is 9. The van der Waals surface area contributed by atoms with Crippen LogP contribution in [-0.2, 0) is 0 Å². The monoisotopic (exact) mass is 833 g/mol. The van der Waals surface area contributed by atoms with E-state index in [2.05, 4.69) is 251 Å². The standard InChI is InChI=1S/C60H39N3S/c1-4-17-40(18-5-1)42-37-50(41-19-6-2-7-20-41)60-52(38-42)59-55(28-16-29-56(59)63(60)43-21-8-3-9-22-43)61(46-35-36-58-51(39-46)49-25-12-15-30-57(49)64-58)44-31-33-45(34-32-44)62-53-26-13-10-23-47(53)48-24-11-14-27-54(48)62/h1-39H. The van der Waals surface area contributed by atoms with Crippen molar-refractivity contribution in [2.24, 2.45) is 0 Å². The zero-order valence-electron chi connectivity index (χ0n) is 34.8. The fraction of sp³-hybridized carbons (Fsp3) is 0. The Morgan fingerprint density at radius 2 is 0.891 bits per heavy atom. The summed E-state index contributed by atoms with van der Waals surface area (Å²) >= 11 is 1.86. The van der Waals surface area contributed by atoms with Crippen molar-refractivity contribution < 1.29 is 0 Å². The molecule has 4 heteroatoms. The number of nitrogens with zero attached hydrogens (tertiary/aromatic N) is 3. The molecule has 0 bridgehead atoms. The highest BCUT2D eigenvalue weighted by molar-refractivity contribution is 7.25. The van der Waals surface area contributed by atoms with Crippen LogP contribution in [-0.4, -0.2) is 9.13 Å². The van der Waals surface area contributed by atoms with Gasteiger partial charge < -0.3 is 14.0 Å². The minimum atomic E-state index is 1.08. The van der Waals surface area contributed by atoms with Gasteiger partial charge in [-0.1, -0.05) is 140 Å². The van der Waals surface area contributed by atoms with Gasteiger partial charge in [-0.25, -0.2) is 0 Å². The maximum absolute atomic E-state index is 2.48. The van der Waals surface area contributed by atoms with E-state index in [1.807, 2.05) is 11.3 Å². The minimum Gasteiger partial charge on any atom is -0.310 e. The molecular weight excluding hydrogens is 795 g/mol. The number of anilines is 3. The average molecular weight is 834 g/mol. The Morgan fingerprint density at radius 1 is 0.328 bits per heavy atom. The SMILES string of the molecule is c1ccc(-c2cc(-c3ccccc3)c3c(c2)c2c(N(c4ccc(-n5c6ccccc6c6ccccc65)cc4)c4ccc5sc6ccccc6c5c4)cccc2n3-c2ccccc2)cc1. The molecule has 13 aromatic rings. The molecule has 10 aromatic carbocycles. The summed E-state index contributed by atoms with van der Waals surface area (Å²) in [6.45, 7) is 0. The molecule has 0 fully saturated rings. The van der Waals surface area contributed by atoms with Gasteiger partial charge in [0.1, 0.15) is 0 Å². The molecule has 0 spiro atoms. The summed E-state index contributed by atoms with van der Waals surface area (Å²) in [4.78, 5) is 2.48. The van der Waals surface area contributed by atoms with E-state index in [9.17, 15) is 0 Å². The van der Waals surface area contributed by atoms with Crippen LogP contribution in [0.1, 0.15) is 0 Å². The molecule has 0 saturated heterocycles. The largest absolute Gasteiger partial charge is 0.310 e. The number of benzene rings is 10. The predicted molar refractivity (Wildman–Crippen MR) is 274 cm³/mol. The van der Waals surface area contributed by atoms with Crippen molar-refractivity contribution in [1.29, 1.82) is 0 Å². The van der Waals surface area contributed by atoms with Crippen molar-refractivity contribution in [3.63, 3.8) is 0 Å². The highest BCUT2D eigenvalue weighted by Gasteiger charge is 2.25. The summed E-state index contributed by atoms with van der Waals surface area (Å²) in [5.74, 6) is 0. The van der Waals surface area contributed by atoms with E-state index in [1.54, 1.807) is 0 Å². The van der Waals surface area contributed by atoms with Gasteiger partial charge in [0.15, 0.2) is 0 Å². The van der Waals surface area contributed by atoms with Crippen molar-refractivity contribution in [1.82, 2.24) is 9.13 Å². The van der Waals surface area contributed by atoms with Gasteiger partial charge >= 0.3 is 0 Å². The lowest BCUT2D eigenvalue weighted by atomic mass is 9.95. The van der Waals surface area contributed by atoms with Crippen molar-refractivity contribution >= 4 is 92.2 Å². The summed E-state index contributed by atoms with van der Waals surface area (Å²) in [5, 5.41) is 7.45. The number of hydrogen-bond acceptors (Lipinski definition) is 2. The molecule has 3 heterocycles. The van der Waals surface area contributed by atoms with Crippen molar-refractivity contribution in [3.8, 4) is 33.6 Å². The lowest BCUT2D eigenvalue weighted by molar-refractivity contribution is 1.17. The van der Waals surface area contributed by atoms with E-state index in [0.717, 1.165) is 34.0 Å². The zero-order chi connectivity index (χ0) is 42.1. The first kappa shape index (κ1) is 36.5. The van der Waals surface area contributed by atoms with Gasteiger partial charge in [-0.15, -0.1) is 11.3 Å². The Hall–Kier alpha value is -8.18. The van der Waals surface area contributed by atoms with Gasteiger partial charge in [-0.3, -0.25) is 0 Å². The van der Waals surface area contributed by atoms with E-state index in [-0.39, 0.29) is 0 Å². The van der Waals surface area contributed by atoms with Gasteiger partial charge in [0.2, 0.25) is 0 Å². The second-order valence-electron chi connectivity index (χ2n) is 16.5. The van der Waals surface area contributed by atoms with Crippen LogP contribution in [0.5, 0.6) is 0 Å². The molecule has 0 N–H and O–H groups in total. The highest BCUT2D eigenvalue weighted by Crippen LogP contribution is 2.48. The van der Waals surface area contributed by atoms with Crippen LogP contribution in [0.25, 0.3) is 97.4 Å². The Labute approximate surface area is 374 Å². The van der Waals surface area contributed by atoms with Gasteiger partial charge in [-0.2, -0.15) is 0 Å². The Balaban J connectivity index is 1.12. The molecule has 0 aliphatic heterocycles. The second kappa shape index (κ2) is 14.7. The second-order valence-corrected chi connectivity index (χ2v) is 17.6. The lowest BCUT2D eigenvalue weighted by Crippen LogP contribution is -2.10. The van der Waals surface area contributed by atoms with E-state index in [1.165, 1.54) is 80.5 Å². The molecule has 0 saturated carbocycles. The van der Waals surface area contributed by atoms with Crippen LogP contribution >= 0.6 is 11.3 Å². The van der Waals surface area contributed by atoms with Crippen LogP contribution in [0.2, 0.25) is 0 Å². The summed E-state index contributed by atoms with van der Waals surface area (Å²) < 4.78 is 7.45. The van der Waals surface area contributed by atoms with Gasteiger partial charge in [0, 0.05) is 70.0 Å². The summed E-state index contributed by atoms with van der Waals surface area (Å²) in [6, 6.07) is 86.6. The predicted octanol–water partition coefficient (Wildman–Crippen LogP) is 17.1. The van der Waals surface area contributed by atoms with E-state index < -0.39 is 0 Å². The van der Waals surface area contributed by atoms with Crippen molar-refractivity contribution in [2.75, 3.05) is 4.90 Å². The number of thiophene rings is 1. The number of aromatic nitrogens is 2. The van der Waals surface area contributed by atoms with Crippen LogP contribution in [0, 0.1) is 0 Å². The van der Waals surface area contributed by atoms with E-state index in [0.29, 0.717) is 0 Å². The highest BCUT2D eigenvalue weighted by atomic mass is 32.1. The Kier molecular flexibility index (Phi) is 8.40. The van der Waals surface area contributed by atoms with E-state index >= 15 is 0 Å². The number of para-hydroxylation sites is 3. The first-order chi connectivity index (χ1) is 31.8. The number of rotatable bonds is 7. The van der Waals surface area contributed by atoms with Crippen molar-refractivity contribution in [3.05, 3.63) is 237 Å². The molecule has 0 radical (unpaired) electrons. The summed E-state index contributed by atoms with van der Waals surface area (Å²) in [6.07, 6.45) is 0. The Bertz CT molecular complexity index is 3830. The molecule has 0 aliphatic rings. The maximum Gasteiger partial charge on any atom is 0.0620 e. The smallest absolute Gasteiger partial charge is 0.0620 e. The van der Waals surface area contributed by atoms with Crippen LogP contribution in [0.4, 0.5) is 17.1 Å². The third-order valence-corrected chi connectivity index (χ3v) is 14.0. The maximum atomic E-state index is 2.48. The van der Waals surface area contributed by atoms with Gasteiger partial charge in [0.25, 0.3) is 0 Å². The van der Waals surface area contributed by atoms with Crippen LogP contribution in [0.3, 0.4) is 0 Å². The molecule has 64 heavy (non-hydrogen) atoms. The third kappa shape index (κ3) is 5.73. The molecule has 3 aromatic heterocycles. The molecular formula is C60H39N3S. The van der Waals surface area contributed by atoms with Crippen LogP contribution in [0.15, 0.2) is 237 Å². The quantitative estimate of drug-likeness (QED) is 0.156. The van der Waals surface area contributed by atoms with Crippen LogP contribution < -0.4 is 4.90 Å². The molecule has 0 amide bonds. The number of hydrogen-bond donors (Lipinski definition) is 0. The Morgan fingerprint density at radius 3 is 1.61 bits per heavy atom. The molecule has 3 nitrogen and oxygen atoms in total. The fourth-order valence-corrected chi connectivity index (χ4v) is 11.2. The first-order valence-corrected chi connectivity index (χ1v) is 22.7. The molecule has 300 valence electrons. The van der Waals surface area contributed by atoms with E-state index in [4.69, 9.17) is 0 Å². The summed E-state index contributed by atoms with van der Waals surface area (Å²) in [5.41, 5.74) is 15.0. The van der Waals surface area contributed by atoms with Gasteiger partial charge in [-0.05, 0) is 114 Å². The lowest BCUT2D eigenvalue weighted by Gasteiger charge is -2.27. The molecule has 0 atom stereocenters. The molecule has 0 unspecified atom stereocenters. The summed E-state index contributed by atoms with van der Waals surface area (Å²) in [7, 11) is 0. The average Bonchev–Trinajstić information content (AvgIpc) is 4.03.